The number of anilines is 2. The van der Waals surface area contributed by atoms with Crippen LogP contribution in [0, 0.1) is 5.92 Å². The van der Waals surface area contributed by atoms with E-state index in [4.69, 9.17) is 0 Å². The van der Waals surface area contributed by atoms with Crippen LogP contribution in [0.5, 0.6) is 0 Å². The molecule has 0 spiro atoms. The molecule has 2 N–H and O–H groups in total. The summed E-state index contributed by atoms with van der Waals surface area (Å²) in [5, 5.41) is 7.40. The van der Waals surface area contributed by atoms with Gasteiger partial charge in [0.25, 0.3) is 5.91 Å². The number of hydrogen-bond acceptors (Lipinski definition) is 7. The molecule has 0 radical (unpaired) electrons. The minimum atomic E-state index is -0.0733. The molecule has 1 saturated heterocycles. The first-order valence-electron chi connectivity index (χ1n) is 10.5. The van der Waals surface area contributed by atoms with Crippen LogP contribution in [0.4, 0.5) is 10.9 Å². The second kappa shape index (κ2) is 9.84. The lowest BCUT2D eigenvalue weighted by atomic mass is 10.2. The van der Waals surface area contributed by atoms with Crippen molar-refractivity contribution in [1.82, 2.24) is 19.9 Å². The van der Waals surface area contributed by atoms with E-state index in [9.17, 15) is 4.79 Å². The monoisotopic (exact) mass is 426 g/mol. The summed E-state index contributed by atoms with van der Waals surface area (Å²) in [6, 6.07) is 7.68. The number of carbonyl (C=O) groups excluding carboxylic acids is 1. The topological polar surface area (TPSA) is 83.0 Å². The van der Waals surface area contributed by atoms with Gasteiger partial charge in [-0.3, -0.25) is 9.78 Å². The fourth-order valence-corrected chi connectivity index (χ4v) is 4.36. The average Bonchev–Trinajstić information content (AvgIpc) is 3.40. The minimum Gasteiger partial charge on any atom is -0.380 e. The summed E-state index contributed by atoms with van der Waals surface area (Å²) in [4.78, 5) is 28.7. The van der Waals surface area contributed by atoms with Crippen LogP contribution in [0.1, 0.15) is 56.3 Å². The van der Waals surface area contributed by atoms with Crippen molar-refractivity contribution in [3.63, 3.8) is 0 Å². The highest BCUT2D eigenvalue weighted by molar-refractivity contribution is 7.23. The molecule has 0 aliphatic carbocycles. The van der Waals surface area contributed by atoms with Crippen LogP contribution in [-0.2, 0) is 0 Å². The number of fused-ring (bicyclic) bond motifs is 1. The van der Waals surface area contributed by atoms with Crippen molar-refractivity contribution in [2.75, 3.05) is 30.8 Å². The molecule has 1 fully saturated rings. The number of pyridine rings is 1. The molecule has 1 amide bonds. The average molecular weight is 427 g/mol. The summed E-state index contributed by atoms with van der Waals surface area (Å²) in [7, 11) is 1.87. The molecule has 4 heterocycles. The SMILES string of the molecule is CC.CNc1cc2nc(NC(C)c3ccccn3)nc(C(=O)N3CC[C@@H](C)C3)c2s1. The number of nitrogens with one attached hydrogen (secondary N) is 2. The van der Waals surface area contributed by atoms with Crippen molar-refractivity contribution in [1.29, 1.82) is 0 Å². The number of hydrogen-bond donors (Lipinski definition) is 2. The number of carbonyl (C=O) groups is 1. The first kappa shape index (κ1) is 22.0. The quantitative estimate of drug-likeness (QED) is 0.609. The normalized spacial score (nSPS) is 16.7. The van der Waals surface area contributed by atoms with E-state index in [1.165, 1.54) is 11.3 Å². The van der Waals surface area contributed by atoms with Gasteiger partial charge in [0.1, 0.15) is 0 Å². The Balaban J connectivity index is 0.00000124. The molecule has 2 atom stereocenters. The van der Waals surface area contributed by atoms with Gasteiger partial charge in [0.15, 0.2) is 5.69 Å². The number of thiophene rings is 1. The van der Waals surface area contributed by atoms with E-state index < -0.39 is 0 Å². The number of nitrogens with zero attached hydrogens (tertiary/aromatic N) is 4. The first-order valence-corrected chi connectivity index (χ1v) is 11.3. The Hall–Kier alpha value is -2.74. The van der Waals surface area contributed by atoms with Crippen molar-refractivity contribution in [3.8, 4) is 0 Å². The predicted molar refractivity (Wildman–Crippen MR) is 124 cm³/mol. The highest BCUT2D eigenvalue weighted by atomic mass is 32.1. The van der Waals surface area contributed by atoms with Gasteiger partial charge < -0.3 is 15.5 Å². The van der Waals surface area contributed by atoms with Crippen molar-refractivity contribution < 1.29 is 4.79 Å². The zero-order chi connectivity index (χ0) is 21.7. The van der Waals surface area contributed by atoms with Gasteiger partial charge in [-0.05, 0) is 37.5 Å². The summed E-state index contributed by atoms with van der Waals surface area (Å²) in [6.45, 7) is 9.74. The molecular formula is C22H30N6OS. The molecule has 3 aromatic heterocycles. The largest absolute Gasteiger partial charge is 0.380 e. The van der Waals surface area contributed by atoms with E-state index in [-0.39, 0.29) is 11.9 Å². The van der Waals surface area contributed by atoms with Gasteiger partial charge in [-0.2, -0.15) is 0 Å². The Morgan fingerprint density at radius 2 is 2.10 bits per heavy atom. The fourth-order valence-electron chi connectivity index (χ4n) is 3.43. The second-order valence-corrected chi connectivity index (χ2v) is 8.29. The summed E-state index contributed by atoms with van der Waals surface area (Å²) < 4.78 is 0.824. The summed E-state index contributed by atoms with van der Waals surface area (Å²) >= 11 is 1.51. The van der Waals surface area contributed by atoms with Gasteiger partial charge in [0, 0.05) is 26.3 Å². The van der Waals surface area contributed by atoms with Gasteiger partial charge in [0.2, 0.25) is 5.95 Å². The number of amides is 1. The first-order chi connectivity index (χ1) is 14.5. The highest BCUT2D eigenvalue weighted by Gasteiger charge is 2.28. The van der Waals surface area contributed by atoms with E-state index in [0.29, 0.717) is 17.6 Å². The molecule has 1 aliphatic rings. The zero-order valence-corrected chi connectivity index (χ0v) is 19.1. The summed E-state index contributed by atoms with van der Waals surface area (Å²) in [5.74, 6) is 0.954. The van der Waals surface area contributed by atoms with Crippen LogP contribution in [0.2, 0.25) is 0 Å². The fraction of sp³-hybridized carbons (Fsp3) is 0.455. The standard InChI is InChI=1S/C20H24N6OS.C2H6/c1-12-7-9-26(11-12)19(27)17-18-15(10-16(21-3)28-18)24-20(25-17)23-13(2)14-6-4-5-8-22-14;1-2/h4-6,8,10,12-13,21H,7,9,11H2,1-3H3,(H,23,24,25);1-2H3/t12-,13?;/m1./s1. The third-order valence-corrected chi connectivity index (χ3v) is 6.16. The number of rotatable bonds is 5. The second-order valence-electron chi connectivity index (χ2n) is 7.24. The molecule has 8 heteroatoms. The van der Waals surface area contributed by atoms with Crippen LogP contribution < -0.4 is 10.6 Å². The molecule has 160 valence electrons. The maximum atomic E-state index is 13.2. The van der Waals surface area contributed by atoms with Crippen molar-refractivity contribution in [2.45, 2.75) is 40.2 Å². The minimum absolute atomic E-state index is 0.0187. The molecule has 0 aromatic carbocycles. The van der Waals surface area contributed by atoms with Crippen molar-refractivity contribution in [2.24, 2.45) is 5.92 Å². The molecule has 4 rings (SSSR count). The zero-order valence-electron chi connectivity index (χ0n) is 18.3. The van der Waals surface area contributed by atoms with Gasteiger partial charge in [-0.25, -0.2) is 9.97 Å². The van der Waals surface area contributed by atoms with E-state index in [0.717, 1.165) is 40.4 Å². The van der Waals surface area contributed by atoms with Gasteiger partial charge in [0.05, 0.1) is 27.0 Å². The van der Waals surface area contributed by atoms with E-state index >= 15 is 0 Å². The molecule has 3 aromatic rings. The Morgan fingerprint density at radius 1 is 1.30 bits per heavy atom. The van der Waals surface area contributed by atoms with Crippen molar-refractivity contribution in [3.05, 3.63) is 41.9 Å². The Bertz CT molecular complexity index is 990. The summed E-state index contributed by atoms with van der Waals surface area (Å²) in [6.07, 6.45) is 2.80. The maximum absolute atomic E-state index is 13.2. The summed E-state index contributed by atoms with van der Waals surface area (Å²) in [5.41, 5.74) is 2.14. The molecule has 0 saturated carbocycles. The Kier molecular flexibility index (Phi) is 7.20. The lowest BCUT2D eigenvalue weighted by Crippen LogP contribution is -2.29. The van der Waals surface area contributed by atoms with Crippen LogP contribution in [0.15, 0.2) is 30.5 Å². The third-order valence-electron chi connectivity index (χ3n) is 5.01. The Labute approximate surface area is 182 Å². The van der Waals surface area contributed by atoms with E-state index in [2.05, 4.69) is 32.5 Å². The molecular weight excluding hydrogens is 396 g/mol. The lowest BCUT2D eigenvalue weighted by Gasteiger charge is -2.17. The maximum Gasteiger partial charge on any atom is 0.274 e. The molecule has 1 aliphatic heterocycles. The number of aromatic nitrogens is 3. The molecule has 0 bridgehead atoms. The molecule has 7 nitrogen and oxygen atoms in total. The van der Waals surface area contributed by atoms with Crippen LogP contribution in [-0.4, -0.2) is 45.9 Å². The van der Waals surface area contributed by atoms with Crippen LogP contribution in [0.25, 0.3) is 10.2 Å². The van der Waals surface area contributed by atoms with Gasteiger partial charge in [-0.1, -0.05) is 26.8 Å². The van der Waals surface area contributed by atoms with Crippen LogP contribution in [0.3, 0.4) is 0 Å². The van der Waals surface area contributed by atoms with Crippen molar-refractivity contribution >= 4 is 38.4 Å². The van der Waals surface area contributed by atoms with Crippen LogP contribution >= 0.6 is 11.3 Å². The molecule has 30 heavy (non-hydrogen) atoms. The van der Waals surface area contributed by atoms with Gasteiger partial charge in [-0.15, -0.1) is 11.3 Å². The number of likely N-dealkylation sites (tertiary alicyclic amines) is 1. The smallest absolute Gasteiger partial charge is 0.274 e. The molecule has 1 unspecified atom stereocenters. The van der Waals surface area contributed by atoms with E-state index in [1.807, 2.05) is 57.0 Å². The third kappa shape index (κ3) is 4.70. The van der Waals surface area contributed by atoms with Gasteiger partial charge >= 0.3 is 0 Å². The lowest BCUT2D eigenvalue weighted by molar-refractivity contribution is 0.0784. The Morgan fingerprint density at radius 3 is 2.73 bits per heavy atom. The highest BCUT2D eigenvalue weighted by Crippen LogP contribution is 2.33. The predicted octanol–water partition coefficient (Wildman–Crippen LogP) is 4.81. The van der Waals surface area contributed by atoms with E-state index in [1.54, 1.807) is 6.20 Å².